The molecular weight excluding hydrogens is 314 g/mol. The Bertz CT molecular complexity index is 809. The lowest BCUT2D eigenvalue weighted by molar-refractivity contribution is 0.0835. The molecule has 1 aliphatic rings. The summed E-state index contributed by atoms with van der Waals surface area (Å²) in [4.78, 5) is 13.3. The summed E-state index contributed by atoms with van der Waals surface area (Å²) < 4.78 is 11.9. The highest BCUT2D eigenvalue weighted by Gasteiger charge is 2.23. The molecule has 0 saturated carbocycles. The van der Waals surface area contributed by atoms with Crippen LogP contribution in [0.4, 0.5) is 5.82 Å². The number of nitrogens with one attached hydrogen (secondary N) is 1. The number of ether oxygens (including phenoxy) is 1. The van der Waals surface area contributed by atoms with Gasteiger partial charge in [-0.3, -0.25) is 0 Å². The fourth-order valence-electron chi connectivity index (χ4n) is 2.66. The lowest BCUT2D eigenvalue weighted by Gasteiger charge is -2.05. The van der Waals surface area contributed by atoms with Gasteiger partial charge in [0.25, 0.3) is 5.89 Å². The van der Waals surface area contributed by atoms with Crippen LogP contribution in [0.5, 0.6) is 0 Å². The highest BCUT2D eigenvalue weighted by atomic mass is 32.1. The van der Waals surface area contributed by atoms with Crippen molar-refractivity contribution in [1.29, 1.82) is 0 Å². The SMILES string of the molecule is Cc1nc(NCCc2noc([C@@H]3CCCO3)n2)c2sccc2n1. The van der Waals surface area contributed by atoms with Crippen LogP contribution in [0.1, 0.15) is 36.5 Å². The molecule has 1 aliphatic heterocycles. The molecule has 23 heavy (non-hydrogen) atoms. The van der Waals surface area contributed by atoms with Crippen LogP contribution in [0, 0.1) is 6.92 Å². The lowest BCUT2D eigenvalue weighted by atomic mass is 10.2. The predicted octanol–water partition coefficient (Wildman–Crippen LogP) is 2.89. The first kappa shape index (κ1) is 14.5. The Morgan fingerprint density at radius 2 is 2.30 bits per heavy atom. The summed E-state index contributed by atoms with van der Waals surface area (Å²) in [5.41, 5.74) is 0.977. The van der Waals surface area contributed by atoms with Crippen molar-refractivity contribution in [3.05, 3.63) is 29.0 Å². The van der Waals surface area contributed by atoms with Crippen molar-refractivity contribution in [2.45, 2.75) is 32.3 Å². The van der Waals surface area contributed by atoms with E-state index in [0.717, 1.165) is 41.3 Å². The fraction of sp³-hybridized carbons (Fsp3) is 0.467. The maximum Gasteiger partial charge on any atom is 0.255 e. The fourth-order valence-corrected chi connectivity index (χ4v) is 3.46. The van der Waals surface area contributed by atoms with Crippen molar-refractivity contribution in [2.24, 2.45) is 0 Å². The number of rotatable bonds is 5. The number of aryl methyl sites for hydroxylation is 1. The molecular formula is C15H17N5O2S. The van der Waals surface area contributed by atoms with Gasteiger partial charge in [-0.2, -0.15) is 4.98 Å². The normalized spacial score (nSPS) is 17.9. The number of aromatic nitrogens is 4. The molecule has 0 aliphatic carbocycles. The number of fused-ring (bicyclic) bond motifs is 1. The number of hydrogen-bond donors (Lipinski definition) is 1. The van der Waals surface area contributed by atoms with E-state index in [4.69, 9.17) is 9.26 Å². The Labute approximate surface area is 137 Å². The zero-order valence-corrected chi connectivity index (χ0v) is 13.6. The minimum atomic E-state index is -0.0283. The van der Waals surface area contributed by atoms with E-state index < -0.39 is 0 Å². The van der Waals surface area contributed by atoms with Gasteiger partial charge in [-0.05, 0) is 31.2 Å². The molecule has 8 heteroatoms. The molecule has 0 aromatic carbocycles. The molecule has 120 valence electrons. The molecule has 4 heterocycles. The Balaban J connectivity index is 1.40. The van der Waals surface area contributed by atoms with Crippen molar-refractivity contribution in [1.82, 2.24) is 20.1 Å². The van der Waals surface area contributed by atoms with Gasteiger partial charge in [-0.25, -0.2) is 9.97 Å². The summed E-state index contributed by atoms with van der Waals surface area (Å²) >= 11 is 1.64. The third-order valence-electron chi connectivity index (χ3n) is 3.75. The van der Waals surface area contributed by atoms with Gasteiger partial charge < -0.3 is 14.6 Å². The Morgan fingerprint density at radius 1 is 1.35 bits per heavy atom. The summed E-state index contributed by atoms with van der Waals surface area (Å²) in [6, 6.07) is 2.01. The van der Waals surface area contributed by atoms with Gasteiger partial charge in [0.2, 0.25) is 0 Å². The van der Waals surface area contributed by atoms with Crippen LogP contribution in [0.25, 0.3) is 10.2 Å². The van der Waals surface area contributed by atoms with E-state index in [-0.39, 0.29) is 6.10 Å². The summed E-state index contributed by atoms with van der Waals surface area (Å²) in [7, 11) is 0. The van der Waals surface area contributed by atoms with Gasteiger partial charge in [-0.15, -0.1) is 11.3 Å². The standard InChI is InChI=1S/C15H17N5O2S/c1-9-17-10-5-8-23-13(10)14(18-9)16-6-4-12-19-15(22-20-12)11-3-2-7-21-11/h5,8,11H,2-4,6-7H2,1H3,(H,16,17,18)/t11-/m0/s1. The maximum absolute atomic E-state index is 5.55. The Morgan fingerprint density at radius 3 is 3.17 bits per heavy atom. The van der Waals surface area contributed by atoms with Gasteiger partial charge in [0.15, 0.2) is 5.82 Å². The van der Waals surface area contributed by atoms with Crippen molar-refractivity contribution in [3.63, 3.8) is 0 Å². The van der Waals surface area contributed by atoms with Crippen LogP contribution in [0.15, 0.2) is 16.0 Å². The number of nitrogens with zero attached hydrogens (tertiary/aromatic N) is 4. The van der Waals surface area contributed by atoms with E-state index in [1.165, 1.54) is 0 Å². The van der Waals surface area contributed by atoms with Crippen LogP contribution in [-0.4, -0.2) is 33.3 Å². The van der Waals surface area contributed by atoms with Crippen LogP contribution in [0.3, 0.4) is 0 Å². The van der Waals surface area contributed by atoms with E-state index in [1.54, 1.807) is 11.3 Å². The van der Waals surface area contributed by atoms with Crippen LogP contribution in [-0.2, 0) is 11.2 Å². The molecule has 4 rings (SSSR count). The molecule has 0 radical (unpaired) electrons. The van der Waals surface area contributed by atoms with Crippen molar-refractivity contribution in [2.75, 3.05) is 18.5 Å². The zero-order valence-electron chi connectivity index (χ0n) is 12.8. The van der Waals surface area contributed by atoms with Gasteiger partial charge in [-0.1, -0.05) is 5.16 Å². The topological polar surface area (TPSA) is 86.0 Å². The van der Waals surface area contributed by atoms with Gasteiger partial charge in [0.1, 0.15) is 17.7 Å². The predicted molar refractivity (Wildman–Crippen MR) is 86.6 cm³/mol. The molecule has 1 N–H and O–H groups in total. The third kappa shape index (κ3) is 3.04. The van der Waals surface area contributed by atoms with E-state index >= 15 is 0 Å². The molecule has 0 amide bonds. The number of thiophene rings is 1. The molecule has 1 saturated heterocycles. The van der Waals surface area contributed by atoms with Gasteiger partial charge in [0, 0.05) is 19.6 Å². The second-order valence-corrected chi connectivity index (χ2v) is 6.40. The average molecular weight is 331 g/mol. The van der Waals surface area contributed by atoms with Crippen molar-refractivity contribution < 1.29 is 9.26 Å². The van der Waals surface area contributed by atoms with E-state index in [2.05, 4.69) is 25.4 Å². The highest BCUT2D eigenvalue weighted by Crippen LogP contribution is 2.27. The second-order valence-electron chi connectivity index (χ2n) is 5.48. The Kier molecular flexibility index (Phi) is 3.92. The first-order chi connectivity index (χ1) is 11.3. The molecule has 0 unspecified atom stereocenters. The van der Waals surface area contributed by atoms with Gasteiger partial charge >= 0.3 is 0 Å². The summed E-state index contributed by atoms with van der Waals surface area (Å²) in [6.45, 7) is 3.36. The first-order valence-corrected chi connectivity index (χ1v) is 8.57. The monoisotopic (exact) mass is 331 g/mol. The smallest absolute Gasteiger partial charge is 0.255 e. The first-order valence-electron chi connectivity index (χ1n) is 7.69. The quantitative estimate of drug-likeness (QED) is 0.769. The van der Waals surface area contributed by atoms with Crippen LogP contribution >= 0.6 is 11.3 Å². The molecule has 7 nitrogen and oxygen atoms in total. The highest BCUT2D eigenvalue weighted by molar-refractivity contribution is 7.17. The van der Waals surface area contributed by atoms with E-state index in [1.807, 2.05) is 18.4 Å². The largest absolute Gasteiger partial charge is 0.368 e. The molecule has 1 fully saturated rings. The minimum absolute atomic E-state index is 0.0283. The van der Waals surface area contributed by atoms with Crippen LogP contribution in [0.2, 0.25) is 0 Å². The van der Waals surface area contributed by atoms with Crippen molar-refractivity contribution in [3.8, 4) is 0 Å². The Hall–Kier alpha value is -2.06. The van der Waals surface area contributed by atoms with E-state index in [9.17, 15) is 0 Å². The van der Waals surface area contributed by atoms with E-state index in [0.29, 0.717) is 24.7 Å². The van der Waals surface area contributed by atoms with Crippen molar-refractivity contribution >= 4 is 27.4 Å². The summed E-state index contributed by atoms with van der Waals surface area (Å²) in [6.07, 6.45) is 2.65. The third-order valence-corrected chi connectivity index (χ3v) is 4.66. The lowest BCUT2D eigenvalue weighted by Crippen LogP contribution is -2.08. The molecule has 0 spiro atoms. The minimum Gasteiger partial charge on any atom is -0.368 e. The maximum atomic E-state index is 5.55. The molecule has 1 atom stereocenters. The second kappa shape index (κ2) is 6.21. The average Bonchev–Trinajstić information content (AvgIpc) is 3.27. The number of anilines is 1. The molecule has 3 aromatic rings. The summed E-state index contributed by atoms with van der Waals surface area (Å²) in [5.74, 6) is 2.91. The number of hydrogen-bond acceptors (Lipinski definition) is 8. The van der Waals surface area contributed by atoms with Gasteiger partial charge in [0.05, 0.1) is 10.2 Å². The zero-order chi connectivity index (χ0) is 15.6. The molecule has 3 aromatic heterocycles. The van der Waals surface area contributed by atoms with Crippen LogP contribution < -0.4 is 5.32 Å². The molecule has 0 bridgehead atoms. The summed E-state index contributed by atoms with van der Waals surface area (Å²) in [5, 5.41) is 9.40.